The van der Waals surface area contributed by atoms with E-state index in [0.717, 1.165) is 11.1 Å². The number of nitrogens with two attached hydrogens (primary N) is 1. The van der Waals surface area contributed by atoms with Gasteiger partial charge < -0.3 is 11.1 Å². The molecule has 2 rings (SSSR count). The summed E-state index contributed by atoms with van der Waals surface area (Å²) in [4.78, 5) is 19.7. The van der Waals surface area contributed by atoms with Gasteiger partial charge in [0.15, 0.2) is 11.5 Å². The molecule has 1 amide bonds. The third kappa shape index (κ3) is 3.91. The predicted octanol–water partition coefficient (Wildman–Crippen LogP) is 1.99. The summed E-state index contributed by atoms with van der Waals surface area (Å²) in [6.07, 6.45) is 4.76. The van der Waals surface area contributed by atoms with Crippen molar-refractivity contribution >= 4 is 23.5 Å². The molecule has 0 fully saturated rings. The van der Waals surface area contributed by atoms with Crippen molar-refractivity contribution in [1.29, 1.82) is 0 Å². The summed E-state index contributed by atoms with van der Waals surface area (Å²) in [5.74, 6) is 0.0711. The average molecular weight is 306 g/mol. The number of nitrogen functional groups attached to an aromatic ring is 1. The second-order valence-electron chi connectivity index (χ2n) is 4.32. The highest BCUT2D eigenvalue weighted by molar-refractivity contribution is 7.97. The highest BCUT2D eigenvalue weighted by Gasteiger charge is 2.12. The van der Waals surface area contributed by atoms with Crippen LogP contribution in [0.3, 0.4) is 0 Å². The first-order chi connectivity index (χ1) is 10.1. The fourth-order valence-electron chi connectivity index (χ4n) is 1.84. The molecule has 110 valence electrons. The second kappa shape index (κ2) is 7.03. The quantitative estimate of drug-likeness (QED) is 0.883. The first-order valence-electron chi connectivity index (χ1n) is 6.22. The molecule has 0 unspecified atom stereocenters. The molecule has 0 saturated carbocycles. The first-order valence-corrected chi connectivity index (χ1v) is 7.62. The third-order valence-corrected chi connectivity index (χ3v) is 3.45. The molecule has 7 heteroatoms. The molecule has 1 heterocycles. The van der Waals surface area contributed by atoms with Crippen LogP contribution in [-0.2, 0) is 12.3 Å². The van der Waals surface area contributed by atoms with Gasteiger partial charge in [-0.1, -0.05) is 6.07 Å². The van der Waals surface area contributed by atoms with E-state index in [4.69, 9.17) is 5.73 Å². The van der Waals surface area contributed by atoms with Crippen molar-refractivity contribution < 1.29 is 9.18 Å². The Balaban J connectivity index is 2.09. The maximum atomic E-state index is 13.3. The zero-order chi connectivity index (χ0) is 15.2. The molecule has 5 nitrogen and oxygen atoms in total. The molecule has 0 spiro atoms. The van der Waals surface area contributed by atoms with Crippen molar-refractivity contribution in [3.05, 3.63) is 53.2 Å². The second-order valence-corrected chi connectivity index (χ2v) is 5.18. The zero-order valence-corrected chi connectivity index (χ0v) is 12.3. The van der Waals surface area contributed by atoms with E-state index in [0.29, 0.717) is 5.75 Å². The number of benzene rings is 1. The molecule has 0 saturated heterocycles. The van der Waals surface area contributed by atoms with Crippen molar-refractivity contribution in [1.82, 2.24) is 15.3 Å². The number of anilines is 1. The third-order valence-electron chi connectivity index (χ3n) is 2.85. The zero-order valence-electron chi connectivity index (χ0n) is 11.5. The van der Waals surface area contributed by atoms with E-state index in [1.807, 2.05) is 6.26 Å². The van der Waals surface area contributed by atoms with E-state index in [-0.39, 0.29) is 23.9 Å². The van der Waals surface area contributed by atoms with Crippen molar-refractivity contribution in [3.8, 4) is 0 Å². The van der Waals surface area contributed by atoms with Gasteiger partial charge in [0.25, 0.3) is 5.91 Å². The number of amides is 1. The lowest BCUT2D eigenvalue weighted by molar-refractivity contribution is 0.0946. The van der Waals surface area contributed by atoms with Gasteiger partial charge in [-0.25, -0.2) is 14.4 Å². The summed E-state index contributed by atoms with van der Waals surface area (Å²) in [5.41, 5.74) is 7.41. The minimum absolute atomic E-state index is 0.0819. The Morgan fingerprint density at radius 2 is 2.10 bits per heavy atom. The van der Waals surface area contributed by atoms with Crippen LogP contribution in [0.15, 0.2) is 30.6 Å². The normalized spacial score (nSPS) is 10.4. The number of rotatable bonds is 5. The van der Waals surface area contributed by atoms with Crippen LogP contribution in [0.1, 0.15) is 21.6 Å². The topological polar surface area (TPSA) is 80.9 Å². The highest BCUT2D eigenvalue weighted by atomic mass is 32.2. The van der Waals surface area contributed by atoms with E-state index >= 15 is 0 Å². The summed E-state index contributed by atoms with van der Waals surface area (Å²) in [5, 5.41) is 2.72. The molecule has 0 radical (unpaired) electrons. The summed E-state index contributed by atoms with van der Waals surface area (Å²) in [6, 6.07) is 4.53. The molecular formula is C14H15FN4OS. The van der Waals surface area contributed by atoms with Gasteiger partial charge in [0.2, 0.25) is 0 Å². The number of aromatic nitrogens is 2. The highest BCUT2D eigenvalue weighted by Crippen LogP contribution is 2.17. The van der Waals surface area contributed by atoms with Crippen LogP contribution in [0.2, 0.25) is 0 Å². The smallest absolute Gasteiger partial charge is 0.273 e. The Hall–Kier alpha value is -2.15. The monoisotopic (exact) mass is 306 g/mol. The minimum Gasteiger partial charge on any atom is -0.382 e. The van der Waals surface area contributed by atoms with E-state index in [1.165, 1.54) is 24.5 Å². The van der Waals surface area contributed by atoms with Crippen LogP contribution < -0.4 is 11.1 Å². The van der Waals surface area contributed by atoms with Gasteiger partial charge in [0.1, 0.15) is 5.82 Å². The molecule has 1 aromatic heterocycles. The Morgan fingerprint density at radius 3 is 2.81 bits per heavy atom. The SMILES string of the molecule is CSCc1cc(F)ccc1CNC(=O)c1nccnc1N. The summed E-state index contributed by atoms with van der Waals surface area (Å²) in [6.45, 7) is 0.283. The standard InChI is InChI=1S/C14H15FN4OS/c1-21-8-10-6-11(15)3-2-9(10)7-19-14(20)12-13(16)18-5-4-17-12/h2-6H,7-8H2,1H3,(H2,16,18)(H,19,20). The number of hydrogen-bond donors (Lipinski definition) is 2. The van der Waals surface area contributed by atoms with E-state index in [1.54, 1.807) is 17.8 Å². The van der Waals surface area contributed by atoms with Gasteiger partial charge in [-0.15, -0.1) is 0 Å². The van der Waals surface area contributed by atoms with Crippen molar-refractivity contribution in [3.63, 3.8) is 0 Å². The Kier molecular flexibility index (Phi) is 5.10. The number of halogens is 1. The van der Waals surface area contributed by atoms with Gasteiger partial charge in [-0.2, -0.15) is 11.8 Å². The van der Waals surface area contributed by atoms with E-state index in [2.05, 4.69) is 15.3 Å². The first kappa shape index (κ1) is 15.2. The number of nitrogens with one attached hydrogen (secondary N) is 1. The van der Waals surface area contributed by atoms with Gasteiger partial charge in [-0.05, 0) is 29.5 Å². The Morgan fingerprint density at radius 1 is 1.33 bits per heavy atom. The number of thioether (sulfide) groups is 1. The average Bonchev–Trinajstić information content (AvgIpc) is 2.47. The van der Waals surface area contributed by atoms with Crippen LogP contribution in [-0.4, -0.2) is 22.1 Å². The number of carbonyl (C=O) groups excluding carboxylic acids is 1. The van der Waals surface area contributed by atoms with E-state index in [9.17, 15) is 9.18 Å². The van der Waals surface area contributed by atoms with Crippen LogP contribution in [0.5, 0.6) is 0 Å². The van der Waals surface area contributed by atoms with Gasteiger partial charge in [-0.3, -0.25) is 4.79 Å². The van der Waals surface area contributed by atoms with Crippen molar-refractivity contribution in [2.75, 3.05) is 12.0 Å². The van der Waals surface area contributed by atoms with Gasteiger partial charge in [0.05, 0.1) is 0 Å². The van der Waals surface area contributed by atoms with Gasteiger partial charge in [0, 0.05) is 24.7 Å². The van der Waals surface area contributed by atoms with E-state index < -0.39 is 5.91 Å². The molecule has 21 heavy (non-hydrogen) atoms. The van der Waals surface area contributed by atoms with Crippen LogP contribution >= 0.6 is 11.8 Å². The van der Waals surface area contributed by atoms with Gasteiger partial charge >= 0.3 is 0 Å². The molecule has 0 aliphatic rings. The molecule has 0 bridgehead atoms. The number of nitrogens with zero attached hydrogens (tertiary/aromatic N) is 2. The molecule has 0 aliphatic heterocycles. The summed E-state index contributed by atoms with van der Waals surface area (Å²) < 4.78 is 13.3. The largest absolute Gasteiger partial charge is 0.382 e. The summed E-state index contributed by atoms with van der Waals surface area (Å²) in [7, 11) is 0. The molecular weight excluding hydrogens is 291 g/mol. The minimum atomic E-state index is -0.403. The van der Waals surface area contributed by atoms with Crippen LogP contribution in [0.25, 0.3) is 0 Å². The summed E-state index contributed by atoms with van der Waals surface area (Å²) >= 11 is 1.59. The Bertz CT molecular complexity index is 651. The fourth-order valence-corrected chi connectivity index (χ4v) is 2.42. The lowest BCUT2D eigenvalue weighted by Crippen LogP contribution is -2.25. The maximum Gasteiger partial charge on any atom is 0.273 e. The fraction of sp³-hybridized carbons (Fsp3) is 0.214. The molecule has 2 aromatic rings. The molecule has 1 aromatic carbocycles. The predicted molar refractivity (Wildman–Crippen MR) is 81.2 cm³/mol. The number of hydrogen-bond acceptors (Lipinski definition) is 5. The van der Waals surface area contributed by atoms with Crippen LogP contribution in [0, 0.1) is 5.82 Å². The number of carbonyl (C=O) groups is 1. The molecule has 3 N–H and O–H groups in total. The van der Waals surface area contributed by atoms with Crippen LogP contribution in [0.4, 0.5) is 10.2 Å². The maximum absolute atomic E-state index is 13.3. The lowest BCUT2D eigenvalue weighted by Gasteiger charge is -2.10. The lowest BCUT2D eigenvalue weighted by atomic mass is 10.1. The van der Waals surface area contributed by atoms with Crippen molar-refractivity contribution in [2.24, 2.45) is 0 Å². The van der Waals surface area contributed by atoms with Crippen molar-refractivity contribution in [2.45, 2.75) is 12.3 Å². The molecule has 0 atom stereocenters. The molecule has 0 aliphatic carbocycles. The Labute approximate surface area is 126 Å².